The lowest BCUT2D eigenvalue weighted by Gasteiger charge is -1.86. The SMILES string of the molecule is CNCc1noc(-c2ccn[nH]2)n1. The van der Waals surface area contributed by atoms with Gasteiger partial charge in [-0.2, -0.15) is 10.1 Å². The molecule has 2 aromatic heterocycles. The molecule has 0 unspecified atom stereocenters. The van der Waals surface area contributed by atoms with Crippen molar-refractivity contribution < 1.29 is 4.52 Å². The van der Waals surface area contributed by atoms with Crippen molar-refractivity contribution in [2.45, 2.75) is 6.54 Å². The van der Waals surface area contributed by atoms with Crippen LogP contribution in [0.4, 0.5) is 0 Å². The molecule has 0 saturated heterocycles. The van der Waals surface area contributed by atoms with Crippen molar-refractivity contribution in [3.63, 3.8) is 0 Å². The van der Waals surface area contributed by atoms with Crippen LogP contribution in [0.25, 0.3) is 11.6 Å². The molecule has 2 aromatic rings. The molecule has 0 atom stereocenters. The van der Waals surface area contributed by atoms with E-state index in [0.717, 1.165) is 5.69 Å². The monoisotopic (exact) mass is 179 g/mol. The summed E-state index contributed by atoms with van der Waals surface area (Å²) in [4.78, 5) is 4.13. The van der Waals surface area contributed by atoms with Crippen LogP contribution < -0.4 is 5.32 Å². The highest BCUT2D eigenvalue weighted by atomic mass is 16.5. The average Bonchev–Trinajstić information content (AvgIpc) is 2.70. The lowest BCUT2D eigenvalue weighted by molar-refractivity contribution is 0.419. The van der Waals surface area contributed by atoms with Crippen LogP contribution in [-0.2, 0) is 6.54 Å². The van der Waals surface area contributed by atoms with E-state index < -0.39 is 0 Å². The molecule has 2 rings (SSSR count). The Labute approximate surface area is 74.4 Å². The Morgan fingerprint density at radius 3 is 3.23 bits per heavy atom. The zero-order valence-corrected chi connectivity index (χ0v) is 7.11. The molecular weight excluding hydrogens is 170 g/mol. The van der Waals surface area contributed by atoms with Crippen LogP contribution in [0, 0.1) is 0 Å². The fraction of sp³-hybridized carbons (Fsp3) is 0.286. The van der Waals surface area contributed by atoms with Crippen molar-refractivity contribution in [3.8, 4) is 11.6 Å². The van der Waals surface area contributed by atoms with Gasteiger partial charge in [-0.05, 0) is 13.1 Å². The van der Waals surface area contributed by atoms with Crippen molar-refractivity contribution in [2.75, 3.05) is 7.05 Å². The number of H-pyrrole nitrogens is 1. The molecule has 0 aliphatic heterocycles. The molecule has 2 heterocycles. The van der Waals surface area contributed by atoms with Crippen LogP contribution >= 0.6 is 0 Å². The zero-order chi connectivity index (χ0) is 9.10. The number of hydrogen-bond donors (Lipinski definition) is 2. The highest BCUT2D eigenvalue weighted by Crippen LogP contribution is 2.12. The normalized spacial score (nSPS) is 10.5. The number of nitrogens with zero attached hydrogens (tertiary/aromatic N) is 3. The van der Waals surface area contributed by atoms with Gasteiger partial charge < -0.3 is 9.84 Å². The smallest absolute Gasteiger partial charge is 0.275 e. The van der Waals surface area contributed by atoms with Gasteiger partial charge in [0, 0.05) is 6.20 Å². The highest BCUT2D eigenvalue weighted by molar-refractivity contribution is 5.44. The van der Waals surface area contributed by atoms with Gasteiger partial charge in [0.2, 0.25) is 0 Å². The van der Waals surface area contributed by atoms with Crippen LogP contribution in [-0.4, -0.2) is 27.4 Å². The number of aromatic amines is 1. The van der Waals surface area contributed by atoms with E-state index in [1.807, 2.05) is 7.05 Å². The molecule has 6 heteroatoms. The minimum Gasteiger partial charge on any atom is -0.332 e. The van der Waals surface area contributed by atoms with E-state index in [2.05, 4.69) is 25.7 Å². The molecule has 0 aliphatic rings. The summed E-state index contributed by atoms with van der Waals surface area (Å²) in [6, 6.07) is 1.77. The van der Waals surface area contributed by atoms with Gasteiger partial charge in [-0.15, -0.1) is 0 Å². The molecular formula is C7H9N5O. The summed E-state index contributed by atoms with van der Waals surface area (Å²) in [5, 5.41) is 13.2. The Morgan fingerprint density at radius 2 is 2.54 bits per heavy atom. The van der Waals surface area contributed by atoms with Gasteiger partial charge in [0.15, 0.2) is 5.82 Å². The maximum Gasteiger partial charge on any atom is 0.275 e. The minimum atomic E-state index is 0.461. The number of hydrogen-bond acceptors (Lipinski definition) is 5. The van der Waals surface area contributed by atoms with Gasteiger partial charge in [-0.25, -0.2) is 0 Å². The summed E-state index contributed by atoms with van der Waals surface area (Å²) >= 11 is 0. The topological polar surface area (TPSA) is 79.6 Å². The Balaban J connectivity index is 2.23. The molecule has 0 fully saturated rings. The van der Waals surface area contributed by atoms with Gasteiger partial charge in [-0.1, -0.05) is 5.16 Å². The predicted molar refractivity (Wildman–Crippen MR) is 44.6 cm³/mol. The quantitative estimate of drug-likeness (QED) is 0.702. The molecule has 0 bridgehead atoms. The van der Waals surface area contributed by atoms with Crippen LogP contribution in [0.2, 0.25) is 0 Å². The second-order valence-corrected chi connectivity index (χ2v) is 2.52. The number of aromatic nitrogens is 4. The van der Waals surface area contributed by atoms with E-state index in [-0.39, 0.29) is 0 Å². The van der Waals surface area contributed by atoms with Crippen molar-refractivity contribution >= 4 is 0 Å². The largest absolute Gasteiger partial charge is 0.332 e. The Kier molecular flexibility index (Phi) is 2.05. The number of nitrogens with one attached hydrogen (secondary N) is 2. The first-order valence-corrected chi connectivity index (χ1v) is 3.87. The molecule has 68 valence electrons. The van der Waals surface area contributed by atoms with E-state index in [1.54, 1.807) is 12.3 Å². The Bertz CT molecular complexity index is 366. The van der Waals surface area contributed by atoms with Crippen LogP contribution in [0.1, 0.15) is 5.82 Å². The van der Waals surface area contributed by atoms with Gasteiger partial charge in [-0.3, -0.25) is 5.10 Å². The summed E-state index contributed by atoms with van der Waals surface area (Å²) < 4.78 is 4.99. The lowest BCUT2D eigenvalue weighted by Crippen LogP contribution is -2.06. The number of rotatable bonds is 3. The first-order chi connectivity index (χ1) is 6.40. The molecule has 0 spiro atoms. The molecule has 13 heavy (non-hydrogen) atoms. The van der Waals surface area contributed by atoms with Gasteiger partial charge in [0.25, 0.3) is 5.89 Å². The summed E-state index contributed by atoms with van der Waals surface area (Å²) in [5.74, 6) is 1.09. The van der Waals surface area contributed by atoms with E-state index in [0.29, 0.717) is 18.3 Å². The van der Waals surface area contributed by atoms with Crippen molar-refractivity contribution in [1.82, 2.24) is 25.7 Å². The van der Waals surface area contributed by atoms with Crippen molar-refractivity contribution in [2.24, 2.45) is 0 Å². The molecule has 0 aliphatic carbocycles. The molecule has 0 saturated carbocycles. The second-order valence-electron chi connectivity index (χ2n) is 2.52. The predicted octanol–water partition coefficient (Wildman–Crippen LogP) is 0.179. The van der Waals surface area contributed by atoms with E-state index in [4.69, 9.17) is 4.52 Å². The third-order valence-electron chi connectivity index (χ3n) is 1.53. The van der Waals surface area contributed by atoms with E-state index in [9.17, 15) is 0 Å². The molecule has 0 aromatic carbocycles. The Hall–Kier alpha value is -1.69. The maximum absolute atomic E-state index is 4.99. The first-order valence-electron chi connectivity index (χ1n) is 3.87. The first kappa shape index (κ1) is 7.93. The van der Waals surface area contributed by atoms with Crippen LogP contribution in [0.5, 0.6) is 0 Å². The Morgan fingerprint density at radius 1 is 1.62 bits per heavy atom. The third kappa shape index (κ3) is 1.57. The van der Waals surface area contributed by atoms with Gasteiger partial charge >= 0.3 is 0 Å². The summed E-state index contributed by atoms with van der Waals surface area (Å²) in [5.41, 5.74) is 0.731. The zero-order valence-electron chi connectivity index (χ0n) is 7.11. The van der Waals surface area contributed by atoms with E-state index >= 15 is 0 Å². The van der Waals surface area contributed by atoms with Crippen LogP contribution in [0.15, 0.2) is 16.8 Å². The standard InChI is InChI=1S/C7H9N5O/c1-8-4-6-10-7(13-12-6)5-2-3-9-11-5/h2-3,8H,4H2,1H3,(H,9,11). The van der Waals surface area contributed by atoms with Crippen molar-refractivity contribution in [1.29, 1.82) is 0 Å². The van der Waals surface area contributed by atoms with Crippen molar-refractivity contribution in [3.05, 3.63) is 18.1 Å². The minimum absolute atomic E-state index is 0.461. The van der Waals surface area contributed by atoms with Gasteiger partial charge in [0.05, 0.1) is 6.54 Å². The summed E-state index contributed by atoms with van der Waals surface area (Å²) in [7, 11) is 1.83. The maximum atomic E-state index is 4.99. The highest BCUT2D eigenvalue weighted by Gasteiger charge is 2.08. The molecule has 0 radical (unpaired) electrons. The van der Waals surface area contributed by atoms with Crippen LogP contribution in [0.3, 0.4) is 0 Å². The van der Waals surface area contributed by atoms with E-state index in [1.165, 1.54) is 0 Å². The summed E-state index contributed by atoms with van der Waals surface area (Å²) in [6.07, 6.45) is 1.64. The second kappa shape index (κ2) is 3.36. The third-order valence-corrected chi connectivity index (χ3v) is 1.53. The fourth-order valence-corrected chi connectivity index (χ4v) is 0.968. The lowest BCUT2D eigenvalue weighted by atomic mass is 10.4. The molecule has 2 N–H and O–H groups in total. The summed E-state index contributed by atoms with van der Waals surface area (Å²) in [6.45, 7) is 0.595. The fourth-order valence-electron chi connectivity index (χ4n) is 0.968. The molecule has 6 nitrogen and oxygen atoms in total. The van der Waals surface area contributed by atoms with Gasteiger partial charge in [0.1, 0.15) is 5.69 Å². The molecule has 0 amide bonds. The average molecular weight is 179 g/mol.